The first-order valence-electron chi connectivity index (χ1n) is 5.15. The molecule has 8 heteroatoms. The minimum atomic E-state index is -5.29. The molecule has 0 aliphatic rings. The fourth-order valence-corrected chi connectivity index (χ4v) is 1.26. The molecule has 2 nitrogen and oxygen atoms in total. The molecule has 1 aromatic carbocycles. The van der Waals surface area contributed by atoms with Crippen molar-refractivity contribution in [2.24, 2.45) is 0 Å². The maximum absolute atomic E-state index is 12.8. The van der Waals surface area contributed by atoms with Crippen molar-refractivity contribution in [2.75, 3.05) is 19.8 Å². The molecule has 1 aromatic rings. The van der Waals surface area contributed by atoms with E-state index in [1.165, 1.54) is 0 Å². The standard InChI is InChI=1S/C10H12BF4O2.K/c1-2-16-5-6-17-10-4-3-8(12)7-9(10)11(13,14)15;/h3-4,7H,2,5-6H2,1H3;/q-1;+1. The summed E-state index contributed by atoms with van der Waals surface area (Å²) in [6, 6.07) is 2.35. The van der Waals surface area contributed by atoms with Crippen LogP contribution in [0.3, 0.4) is 0 Å². The van der Waals surface area contributed by atoms with Crippen molar-refractivity contribution in [1.29, 1.82) is 0 Å². The molecule has 0 saturated carbocycles. The molecule has 0 aliphatic heterocycles. The van der Waals surface area contributed by atoms with Crippen LogP contribution in [-0.4, -0.2) is 26.8 Å². The van der Waals surface area contributed by atoms with Crippen LogP contribution in [0, 0.1) is 5.82 Å². The monoisotopic (exact) mass is 290 g/mol. The zero-order valence-electron chi connectivity index (χ0n) is 10.3. The van der Waals surface area contributed by atoms with E-state index in [0.717, 1.165) is 12.1 Å². The summed E-state index contributed by atoms with van der Waals surface area (Å²) in [7, 11) is 0. The van der Waals surface area contributed by atoms with Crippen LogP contribution in [0.15, 0.2) is 18.2 Å². The molecule has 0 unspecified atom stereocenters. The van der Waals surface area contributed by atoms with Crippen molar-refractivity contribution in [3.8, 4) is 5.75 Å². The molecule has 0 N–H and O–H groups in total. The van der Waals surface area contributed by atoms with Gasteiger partial charge < -0.3 is 22.4 Å². The fourth-order valence-electron chi connectivity index (χ4n) is 1.26. The van der Waals surface area contributed by atoms with E-state index in [4.69, 9.17) is 9.47 Å². The Bertz CT molecular complexity index is 373. The largest absolute Gasteiger partial charge is 1.00 e. The van der Waals surface area contributed by atoms with Crippen LogP contribution in [-0.2, 0) is 4.74 Å². The van der Waals surface area contributed by atoms with Gasteiger partial charge in [0.1, 0.15) is 12.4 Å². The third-order valence-electron chi connectivity index (χ3n) is 2.01. The van der Waals surface area contributed by atoms with Crippen LogP contribution in [0.4, 0.5) is 17.3 Å². The summed E-state index contributed by atoms with van der Waals surface area (Å²) in [6.45, 7) is -2.87. The maximum atomic E-state index is 12.8. The van der Waals surface area contributed by atoms with Crippen LogP contribution in [0.25, 0.3) is 0 Å². The van der Waals surface area contributed by atoms with E-state index in [-0.39, 0.29) is 70.3 Å². The number of hydrogen-bond acceptors (Lipinski definition) is 2. The van der Waals surface area contributed by atoms with Crippen LogP contribution in [0.1, 0.15) is 6.92 Å². The molecule has 0 atom stereocenters. The van der Waals surface area contributed by atoms with E-state index in [0.29, 0.717) is 12.7 Å². The van der Waals surface area contributed by atoms with Gasteiger partial charge in [-0.25, -0.2) is 4.39 Å². The molecule has 1 rings (SSSR count). The molecule has 96 valence electrons. The van der Waals surface area contributed by atoms with Crippen molar-refractivity contribution in [3.05, 3.63) is 24.0 Å². The Morgan fingerprint density at radius 1 is 1.17 bits per heavy atom. The smallest absolute Gasteiger partial charge is 0.494 e. The Kier molecular flexibility index (Phi) is 8.74. The van der Waals surface area contributed by atoms with E-state index in [1.54, 1.807) is 6.92 Å². The van der Waals surface area contributed by atoms with Crippen LogP contribution >= 0.6 is 0 Å². The molecule has 0 aromatic heterocycles. The van der Waals surface area contributed by atoms with E-state index >= 15 is 0 Å². The zero-order chi connectivity index (χ0) is 12.9. The molecule has 0 fully saturated rings. The van der Waals surface area contributed by atoms with Gasteiger partial charge in [0.25, 0.3) is 0 Å². The normalized spacial score (nSPS) is 10.9. The van der Waals surface area contributed by atoms with Crippen LogP contribution in [0.2, 0.25) is 0 Å². The van der Waals surface area contributed by atoms with E-state index in [2.05, 4.69) is 0 Å². The Hall–Kier alpha value is 0.401. The van der Waals surface area contributed by atoms with Crippen LogP contribution < -0.4 is 61.6 Å². The minimum absolute atomic E-state index is 0. The topological polar surface area (TPSA) is 18.5 Å². The third-order valence-corrected chi connectivity index (χ3v) is 2.01. The molecule has 0 spiro atoms. The molecule has 18 heavy (non-hydrogen) atoms. The van der Waals surface area contributed by atoms with Gasteiger partial charge in [-0.05, 0) is 25.1 Å². The van der Waals surface area contributed by atoms with Gasteiger partial charge in [0.2, 0.25) is 0 Å². The first-order chi connectivity index (χ1) is 7.95. The molecule has 0 heterocycles. The number of rotatable bonds is 6. The van der Waals surface area contributed by atoms with Gasteiger partial charge in [0, 0.05) is 6.61 Å². The second kappa shape index (κ2) is 8.55. The maximum Gasteiger partial charge on any atom is 1.00 e. The summed E-state index contributed by atoms with van der Waals surface area (Å²) in [5.41, 5.74) is -1.05. The van der Waals surface area contributed by atoms with Crippen molar-refractivity contribution in [1.82, 2.24) is 0 Å². The van der Waals surface area contributed by atoms with Crippen molar-refractivity contribution < 1.29 is 78.2 Å². The van der Waals surface area contributed by atoms with Gasteiger partial charge in [-0.2, -0.15) is 0 Å². The molecule has 0 amide bonds. The fraction of sp³-hybridized carbons (Fsp3) is 0.400. The summed E-state index contributed by atoms with van der Waals surface area (Å²) < 4.78 is 60.4. The summed E-state index contributed by atoms with van der Waals surface area (Å²) >= 11 is 0. The third kappa shape index (κ3) is 6.03. The van der Waals surface area contributed by atoms with Crippen LogP contribution in [0.5, 0.6) is 5.75 Å². The van der Waals surface area contributed by atoms with Gasteiger partial charge in [-0.15, -0.1) is 0 Å². The summed E-state index contributed by atoms with van der Waals surface area (Å²) in [4.78, 5) is 0. The Morgan fingerprint density at radius 3 is 2.39 bits per heavy atom. The number of benzene rings is 1. The predicted molar refractivity (Wildman–Crippen MR) is 57.1 cm³/mol. The SMILES string of the molecule is CCOCCOc1ccc(F)cc1[B-](F)(F)F.[K+]. The Labute approximate surface area is 146 Å². The molecular weight excluding hydrogens is 278 g/mol. The summed E-state index contributed by atoms with van der Waals surface area (Å²) in [6.07, 6.45) is 0. The summed E-state index contributed by atoms with van der Waals surface area (Å²) in [5, 5.41) is 0. The number of hydrogen-bond donors (Lipinski definition) is 0. The Morgan fingerprint density at radius 2 is 1.83 bits per heavy atom. The zero-order valence-corrected chi connectivity index (χ0v) is 13.4. The molecule has 0 radical (unpaired) electrons. The van der Waals surface area contributed by atoms with Crippen molar-refractivity contribution in [3.63, 3.8) is 0 Å². The first-order valence-corrected chi connectivity index (χ1v) is 5.15. The van der Waals surface area contributed by atoms with E-state index in [9.17, 15) is 17.3 Å². The minimum Gasteiger partial charge on any atom is -0.494 e. The Balaban J connectivity index is 0.00000289. The van der Waals surface area contributed by atoms with Crippen molar-refractivity contribution >= 4 is 12.4 Å². The second-order valence-electron chi connectivity index (χ2n) is 3.30. The first kappa shape index (κ1) is 18.4. The van der Waals surface area contributed by atoms with E-state index < -0.39 is 18.3 Å². The van der Waals surface area contributed by atoms with E-state index in [1.807, 2.05) is 0 Å². The predicted octanol–water partition coefficient (Wildman–Crippen LogP) is -0.701. The van der Waals surface area contributed by atoms with Gasteiger partial charge >= 0.3 is 58.4 Å². The average molecular weight is 290 g/mol. The number of ether oxygens (including phenoxy) is 2. The quantitative estimate of drug-likeness (QED) is 0.392. The van der Waals surface area contributed by atoms with Gasteiger partial charge in [0.05, 0.1) is 12.4 Å². The molecule has 0 aliphatic carbocycles. The van der Waals surface area contributed by atoms with Gasteiger partial charge in [-0.1, -0.05) is 5.46 Å². The second-order valence-corrected chi connectivity index (χ2v) is 3.30. The van der Waals surface area contributed by atoms with Gasteiger partial charge in [0.15, 0.2) is 0 Å². The van der Waals surface area contributed by atoms with Crippen molar-refractivity contribution in [2.45, 2.75) is 6.92 Å². The molecule has 0 bridgehead atoms. The molecule has 0 saturated heterocycles. The molecular formula is C10H12BF4KO2. The summed E-state index contributed by atoms with van der Waals surface area (Å²) in [5.74, 6) is -1.30. The van der Waals surface area contributed by atoms with Gasteiger partial charge in [-0.3, -0.25) is 0 Å². The average Bonchev–Trinajstić information content (AvgIpc) is 2.25. The number of halogens is 4.